The molecule has 0 spiro atoms. The number of halogens is 1. The molecule has 1 heterocycles. The zero-order valence-corrected chi connectivity index (χ0v) is 16.5. The van der Waals surface area contributed by atoms with Crippen LogP contribution in [0.4, 0.5) is 5.69 Å². The second-order valence-corrected chi connectivity index (χ2v) is 7.75. The maximum atomic E-state index is 12.8. The highest BCUT2D eigenvalue weighted by Crippen LogP contribution is 2.50. The number of fused-ring (bicyclic) bond motifs is 3. The summed E-state index contributed by atoms with van der Waals surface area (Å²) in [6.45, 7) is 5.50. The minimum atomic E-state index is 0.110. The molecular formula is C23H25ClN2O. The first-order valence-electron chi connectivity index (χ1n) is 9.74. The van der Waals surface area contributed by atoms with Crippen molar-refractivity contribution < 1.29 is 4.79 Å². The molecule has 0 saturated heterocycles. The minimum absolute atomic E-state index is 0.110. The van der Waals surface area contributed by atoms with Crippen molar-refractivity contribution in [1.29, 1.82) is 0 Å². The Morgan fingerprint density at radius 1 is 1.19 bits per heavy atom. The zero-order chi connectivity index (χ0) is 19.0. The number of rotatable bonds is 4. The molecule has 0 aromatic heterocycles. The van der Waals surface area contributed by atoms with E-state index in [2.05, 4.69) is 41.7 Å². The average molecular weight is 381 g/mol. The molecule has 1 aliphatic heterocycles. The van der Waals surface area contributed by atoms with Gasteiger partial charge in [0.15, 0.2) is 0 Å². The molecule has 4 heteroatoms. The third-order valence-electron chi connectivity index (χ3n) is 5.87. The second-order valence-electron chi connectivity index (χ2n) is 7.31. The molecule has 0 fully saturated rings. The largest absolute Gasteiger partial charge is 0.378 e. The number of hydrogen-bond donors (Lipinski definition) is 1. The van der Waals surface area contributed by atoms with Crippen molar-refractivity contribution in [3.63, 3.8) is 0 Å². The van der Waals surface area contributed by atoms with Crippen LogP contribution in [-0.4, -0.2) is 23.9 Å². The van der Waals surface area contributed by atoms with E-state index in [1.807, 2.05) is 36.9 Å². The number of benzene rings is 2. The summed E-state index contributed by atoms with van der Waals surface area (Å²) >= 11 is 6.23. The van der Waals surface area contributed by atoms with Crippen LogP contribution >= 0.6 is 11.6 Å². The molecule has 1 amide bonds. The highest BCUT2D eigenvalue weighted by molar-refractivity contribution is 6.30. The van der Waals surface area contributed by atoms with Crippen LogP contribution in [0, 0.1) is 5.92 Å². The number of allylic oxidation sites excluding steroid dienone is 2. The van der Waals surface area contributed by atoms with Gasteiger partial charge in [0.1, 0.15) is 0 Å². The molecule has 3 nitrogen and oxygen atoms in total. The predicted octanol–water partition coefficient (Wildman–Crippen LogP) is 5.65. The van der Waals surface area contributed by atoms with E-state index in [-0.39, 0.29) is 11.9 Å². The molecule has 0 bridgehead atoms. The van der Waals surface area contributed by atoms with Gasteiger partial charge in [-0.25, -0.2) is 0 Å². The monoisotopic (exact) mass is 380 g/mol. The van der Waals surface area contributed by atoms with Gasteiger partial charge >= 0.3 is 0 Å². The number of hydrogen-bond acceptors (Lipinski definition) is 2. The fourth-order valence-electron chi connectivity index (χ4n) is 4.45. The highest BCUT2D eigenvalue weighted by Gasteiger charge is 2.38. The van der Waals surface area contributed by atoms with Crippen molar-refractivity contribution in [3.05, 3.63) is 76.3 Å². The van der Waals surface area contributed by atoms with Crippen molar-refractivity contribution in [3.8, 4) is 0 Å². The first-order valence-corrected chi connectivity index (χ1v) is 10.1. The van der Waals surface area contributed by atoms with Gasteiger partial charge in [0.25, 0.3) is 5.91 Å². The van der Waals surface area contributed by atoms with Crippen molar-refractivity contribution in [1.82, 2.24) is 4.90 Å². The second kappa shape index (κ2) is 7.40. The lowest BCUT2D eigenvalue weighted by Crippen LogP contribution is -2.32. The van der Waals surface area contributed by atoms with Crippen LogP contribution in [0.15, 0.2) is 54.6 Å². The van der Waals surface area contributed by atoms with Crippen LogP contribution in [-0.2, 0) is 0 Å². The lowest BCUT2D eigenvalue weighted by Gasteiger charge is -2.38. The van der Waals surface area contributed by atoms with Gasteiger partial charge in [0.2, 0.25) is 0 Å². The maximum Gasteiger partial charge on any atom is 0.253 e. The maximum absolute atomic E-state index is 12.8. The van der Waals surface area contributed by atoms with Gasteiger partial charge in [-0.2, -0.15) is 0 Å². The normalized spacial score (nSPS) is 22.7. The van der Waals surface area contributed by atoms with Crippen LogP contribution < -0.4 is 5.32 Å². The number of carbonyl (C=O) groups excluding carboxylic acids is 1. The van der Waals surface area contributed by atoms with Gasteiger partial charge < -0.3 is 10.2 Å². The van der Waals surface area contributed by atoms with Crippen LogP contribution in [0.25, 0.3) is 0 Å². The molecule has 3 atom stereocenters. The number of anilines is 1. The number of amides is 1. The van der Waals surface area contributed by atoms with Crippen LogP contribution in [0.5, 0.6) is 0 Å². The van der Waals surface area contributed by atoms with Crippen molar-refractivity contribution in [2.24, 2.45) is 5.92 Å². The third-order valence-corrected chi connectivity index (χ3v) is 6.10. The highest BCUT2D eigenvalue weighted by atomic mass is 35.5. The van der Waals surface area contributed by atoms with E-state index in [0.29, 0.717) is 11.8 Å². The first kappa shape index (κ1) is 18.1. The molecule has 0 saturated carbocycles. The molecule has 140 valence electrons. The van der Waals surface area contributed by atoms with Crippen LogP contribution in [0.3, 0.4) is 0 Å². The summed E-state index contributed by atoms with van der Waals surface area (Å²) < 4.78 is 0. The first-order chi connectivity index (χ1) is 13.1. The predicted molar refractivity (Wildman–Crippen MR) is 111 cm³/mol. The van der Waals surface area contributed by atoms with E-state index in [9.17, 15) is 4.79 Å². The Labute approximate surface area is 166 Å². The number of nitrogens with one attached hydrogen (secondary N) is 1. The topological polar surface area (TPSA) is 32.3 Å². The van der Waals surface area contributed by atoms with Gasteiger partial charge in [-0.1, -0.05) is 35.9 Å². The molecule has 0 radical (unpaired) electrons. The van der Waals surface area contributed by atoms with Gasteiger partial charge in [-0.05, 0) is 67.6 Å². The Kier molecular flexibility index (Phi) is 4.96. The molecule has 1 aliphatic carbocycles. The Hall–Kier alpha value is -2.26. The lowest BCUT2D eigenvalue weighted by molar-refractivity contribution is 0.0773. The van der Waals surface area contributed by atoms with Crippen molar-refractivity contribution >= 4 is 23.2 Å². The summed E-state index contributed by atoms with van der Waals surface area (Å²) in [6, 6.07) is 14.4. The smallest absolute Gasteiger partial charge is 0.253 e. The summed E-state index contributed by atoms with van der Waals surface area (Å²) in [4.78, 5) is 14.7. The SMILES string of the molecule is CCN(CC)C(=O)c1ccc2c(c1)C1C=CCC1C(c1cccc(Cl)c1)N2. The third kappa shape index (κ3) is 3.25. The Morgan fingerprint density at radius 2 is 2.00 bits per heavy atom. The Balaban J connectivity index is 1.71. The van der Waals surface area contributed by atoms with E-state index >= 15 is 0 Å². The summed E-state index contributed by atoms with van der Waals surface area (Å²) in [5.41, 5.74) is 4.34. The molecule has 3 unspecified atom stereocenters. The number of nitrogens with zero attached hydrogens (tertiary/aromatic N) is 1. The van der Waals surface area contributed by atoms with Gasteiger partial charge in [-0.15, -0.1) is 0 Å². The van der Waals surface area contributed by atoms with E-state index in [1.54, 1.807) is 0 Å². The Bertz CT molecular complexity index is 888. The summed E-state index contributed by atoms with van der Waals surface area (Å²) in [5, 5.41) is 4.48. The fraction of sp³-hybridized carbons (Fsp3) is 0.348. The van der Waals surface area contributed by atoms with E-state index < -0.39 is 0 Å². The van der Waals surface area contributed by atoms with E-state index in [0.717, 1.165) is 35.8 Å². The Morgan fingerprint density at radius 3 is 2.74 bits per heavy atom. The standard InChI is InChI=1S/C23H25ClN2O/c1-3-26(4-2)23(27)16-11-12-21-20(14-16)18-9-6-10-19(18)22(25-21)15-7-5-8-17(24)13-15/h5-9,11-14,18-19,22,25H,3-4,10H2,1-2H3. The number of carbonyl (C=O) groups is 1. The fourth-order valence-corrected chi connectivity index (χ4v) is 4.65. The molecule has 2 aromatic rings. The minimum Gasteiger partial charge on any atom is -0.378 e. The summed E-state index contributed by atoms with van der Waals surface area (Å²) in [7, 11) is 0. The van der Waals surface area contributed by atoms with Gasteiger partial charge in [-0.3, -0.25) is 4.79 Å². The van der Waals surface area contributed by atoms with Crippen molar-refractivity contribution in [2.75, 3.05) is 18.4 Å². The molecule has 2 aromatic carbocycles. The average Bonchev–Trinajstić information content (AvgIpc) is 3.18. The summed E-state index contributed by atoms with van der Waals surface area (Å²) in [5.74, 6) is 0.878. The quantitative estimate of drug-likeness (QED) is 0.695. The summed E-state index contributed by atoms with van der Waals surface area (Å²) in [6.07, 6.45) is 5.60. The van der Waals surface area contributed by atoms with Crippen molar-refractivity contribution in [2.45, 2.75) is 32.2 Å². The molecule has 1 N–H and O–H groups in total. The zero-order valence-electron chi connectivity index (χ0n) is 15.8. The molecule has 27 heavy (non-hydrogen) atoms. The van der Waals surface area contributed by atoms with E-state index in [1.165, 1.54) is 11.1 Å². The molecule has 2 aliphatic rings. The van der Waals surface area contributed by atoms with Crippen LogP contribution in [0.2, 0.25) is 5.02 Å². The molecule has 4 rings (SSSR count). The lowest BCUT2D eigenvalue weighted by atomic mass is 9.76. The van der Waals surface area contributed by atoms with E-state index in [4.69, 9.17) is 11.6 Å². The van der Waals surface area contributed by atoms with Gasteiger partial charge in [0, 0.05) is 35.3 Å². The van der Waals surface area contributed by atoms with Gasteiger partial charge in [0.05, 0.1) is 6.04 Å². The van der Waals surface area contributed by atoms with Crippen LogP contribution in [0.1, 0.15) is 53.7 Å². The molecular weight excluding hydrogens is 356 g/mol.